The van der Waals surface area contributed by atoms with E-state index in [4.69, 9.17) is 0 Å². The van der Waals surface area contributed by atoms with Crippen LogP contribution in [-0.2, 0) is 11.0 Å². The first kappa shape index (κ1) is 15.5. The van der Waals surface area contributed by atoms with Crippen LogP contribution in [0.3, 0.4) is 0 Å². The second kappa shape index (κ2) is 6.06. The highest BCUT2D eigenvalue weighted by Crippen LogP contribution is 2.30. The summed E-state index contributed by atoms with van der Waals surface area (Å²) in [5.74, 6) is -0.209. The fourth-order valence-corrected chi connectivity index (χ4v) is 1.75. The number of hydrogen-bond donors (Lipinski definition) is 2. The first-order valence-corrected chi connectivity index (χ1v) is 5.90. The van der Waals surface area contributed by atoms with Crippen LogP contribution in [0.2, 0.25) is 0 Å². The number of benzene rings is 1. The maximum atomic E-state index is 12.6. The molecule has 0 bridgehead atoms. The molecule has 19 heavy (non-hydrogen) atoms. The summed E-state index contributed by atoms with van der Waals surface area (Å²) in [5.41, 5.74) is -0.197. The first-order valence-electron chi connectivity index (χ1n) is 5.90. The quantitative estimate of drug-likeness (QED) is 0.885. The number of hydrogen-bond acceptors (Lipinski definition) is 2. The minimum atomic E-state index is -4.36. The Bertz CT molecular complexity index is 446. The SMILES string of the molecule is CNC(=O)C(C)NC(C)c1cccc(C(F)(F)F)c1. The molecule has 0 aliphatic carbocycles. The zero-order chi connectivity index (χ0) is 14.6. The van der Waals surface area contributed by atoms with E-state index >= 15 is 0 Å². The van der Waals surface area contributed by atoms with E-state index in [0.29, 0.717) is 5.56 Å². The Kier molecular flexibility index (Phi) is 4.94. The molecule has 106 valence electrons. The summed E-state index contributed by atoms with van der Waals surface area (Å²) in [4.78, 5) is 11.4. The summed E-state index contributed by atoms with van der Waals surface area (Å²) >= 11 is 0. The monoisotopic (exact) mass is 274 g/mol. The van der Waals surface area contributed by atoms with Gasteiger partial charge in [0.25, 0.3) is 0 Å². The Hall–Kier alpha value is -1.56. The number of alkyl halides is 3. The molecule has 0 radical (unpaired) electrons. The summed E-state index contributed by atoms with van der Waals surface area (Å²) in [5, 5.41) is 5.42. The third-order valence-electron chi connectivity index (χ3n) is 2.85. The van der Waals surface area contributed by atoms with Gasteiger partial charge in [0, 0.05) is 13.1 Å². The smallest absolute Gasteiger partial charge is 0.358 e. The molecule has 0 aromatic heterocycles. The number of likely N-dealkylation sites (N-methyl/N-ethyl adjacent to an activating group) is 1. The topological polar surface area (TPSA) is 41.1 Å². The maximum absolute atomic E-state index is 12.6. The molecule has 1 aromatic carbocycles. The third kappa shape index (κ3) is 4.24. The molecule has 0 fully saturated rings. The van der Waals surface area contributed by atoms with E-state index < -0.39 is 17.8 Å². The summed E-state index contributed by atoms with van der Waals surface area (Å²) in [6.45, 7) is 3.37. The molecule has 0 spiro atoms. The van der Waals surface area contributed by atoms with Crippen LogP contribution in [0.15, 0.2) is 24.3 Å². The molecule has 1 rings (SSSR count). The molecule has 1 amide bonds. The molecule has 0 heterocycles. The minimum Gasteiger partial charge on any atom is -0.358 e. The molecule has 0 aliphatic rings. The highest BCUT2D eigenvalue weighted by Gasteiger charge is 2.30. The molecule has 0 saturated carbocycles. The second-order valence-electron chi connectivity index (χ2n) is 4.35. The fourth-order valence-electron chi connectivity index (χ4n) is 1.75. The van der Waals surface area contributed by atoms with E-state index in [-0.39, 0.29) is 11.9 Å². The van der Waals surface area contributed by atoms with Crippen LogP contribution in [0.5, 0.6) is 0 Å². The van der Waals surface area contributed by atoms with Crippen molar-refractivity contribution in [1.82, 2.24) is 10.6 Å². The van der Waals surface area contributed by atoms with Gasteiger partial charge in [0.2, 0.25) is 5.91 Å². The predicted octanol–water partition coefficient (Wildman–Crippen LogP) is 2.49. The molecule has 0 saturated heterocycles. The Morgan fingerprint density at radius 2 is 1.89 bits per heavy atom. The normalized spacial score (nSPS) is 14.8. The number of amides is 1. The largest absolute Gasteiger partial charge is 0.416 e. The van der Waals surface area contributed by atoms with Crippen LogP contribution < -0.4 is 10.6 Å². The van der Waals surface area contributed by atoms with E-state index in [1.807, 2.05) is 0 Å². The van der Waals surface area contributed by atoms with Crippen LogP contribution in [0.1, 0.15) is 31.0 Å². The van der Waals surface area contributed by atoms with Crippen LogP contribution in [0, 0.1) is 0 Å². The van der Waals surface area contributed by atoms with Crippen LogP contribution in [0.4, 0.5) is 13.2 Å². The van der Waals surface area contributed by atoms with Crippen molar-refractivity contribution in [3.8, 4) is 0 Å². The average molecular weight is 274 g/mol. The van der Waals surface area contributed by atoms with Gasteiger partial charge in [0.1, 0.15) is 0 Å². The summed E-state index contributed by atoms with van der Waals surface area (Å²) in [7, 11) is 1.51. The number of nitrogens with one attached hydrogen (secondary N) is 2. The van der Waals surface area contributed by atoms with Crippen molar-refractivity contribution in [2.45, 2.75) is 32.1 Å². The Morgan fingerprint density at radius 3 is 2.42 bits per heavy atom. The molecule has 6 heteroatoms. The molecule has 2 unspecified atom stereocenters. The highest BCUT2D eigenvalue weighted by molar-refractivity contribution is 5.80. The van der Waals surface area contributed by atoms with E-state index in [0.717, 1.165) is 12.1 Å². The van der Waals surface area contributed by atoms with E-state index in [1.54, 1.807) is 19.9 Å². The van der Waals surface area contributed by atoms with Crippen molar-refractivity contribution in [3.05, 3.63) is 35.4 Å². The van der Waals surface area contributed by atoms with Gasteiger partial charge in [0.15, 0.2) is 0 Å². The summed E-state index contributed by atoms with van der Waals surface area (Å²) in [6, 6.07) is 4.25. The summed E-state index contributed by atoms with van der Waals surface area (Å²) in [6.07, 6.45) is -4.36. The van der Waals surface area contributed by atoms with E-state index in [9.17, 15) is 18.0 Å². The van der Waals surface area contributed by atoms with Gasteiger partial charge in [-0.2, -0.15) is 13.2 Å². The molecule has 2 N–H and O–H groups in total. The number of rotatable bonds is 4. The Labute approximate surface area is 110 Å². The molecular formula is C13H17F3N2O. The van der Waals surface area contributed by atoms with Gasteiger partial charge in [-0.15, -0.1) is 0 Å². The van der Waals surface area contributed by atoms with E-state index in [1.165, 1.54) is 13.1 Å². The van der Waals surface area contributed by atoms with Crippen molar-refractivity contribution in [2.75, 3.05) is 7.05 Å². The molecule has 3 nitrogen and oxygen atoms in total. The van der Waals surface area contributed by atoms with Crippen LogP contribution in [-0.4, -0.2) is 19.0 Å². The predicted molar refractivity (Wildman–Crippen MR) is 66.5 cm³/mol. The van der Waals surface area contributed by atoms with Crippen molar-refractivity contribution in [2.24, 2.45) is 0 Å². The fraction of sp³-hybridized carbons (Fsp3) is 0.462. The number of halogens is 3. The molecule has 0 aliphatic heterocycles. The van der Waals surface area contributed by atoms with Gasteiger partial charge >= 0.3 is 6.18 Å². The van der Waals surface area contributed by atoms with Gasteiger partial charge in [-0.1, -0.05) is 12.1 Å². The lowest BCUT2D eigenvalue weighted by molar-refractivity contribution is -0.137. The van der Waals surface area contributed by atoms with Gasteiger partial charge in [-0.25, -0.2) is 0 Å². The lowest BCUT2D eigenvalue weighted by atomic mass is 10.0. The average Bonchev–Trinajstić information content (AvgIpc) is 2.36. The van der Waals surface area contributed by atoms with Crippen LogP contribution in [0.25, 0.3) is 0 Å². The van der Waals surface area contributed by atoms with Crippen LogP contribution >= 0.6 is 0 Å². The van der Waals surface area contributed by atoms with Crippen molar-refractivity contribution < 1.29 is 18.0 Å². The molecule has 2 atom stereocenters. The zero-order valence-corrected chi connectivity index (χ0v) is 11.0. The summed E-state index contributed by atoms with van der Waals surface area (Å²) < 4.78 is 37.8. The zero-order valence-electron chi connectivity index (χ0n) is 11.0. The van der Waals surface area contributed by atoms with Crippen molar-refractivity contribution in [3.63, 3.8) is 0 Å². The first-order chi connectivity index (χ1) is 8.75. The second-order valence-corrected chi connectivity index (χ2v) is 4.35. The van der Waals surface area contributed by atoms with Crippen molar-refractivity contribution >= 4 is 5.91 Å². The highest BCUT2D eigenvalue weighted by atomic mass is 19.4. The van der Waals surface area contributed by atoms with Crippen molar-refractivity contribution in [1.29, 1.82) is 0 Å². The van der Waals surface area contributed by atoms with Gasteiger partial charge in [0.05, 0.1) is 11.6 Å². The van der Waals surface area contributed by atoms with Gasteiger partial charge in [-0.3, -0.25) is 10.1 Å². The third-order valence-corrected chi connectivity index (χ3v) is 2.85. The Morgan fingerprint density at radius 1 is 1.26 bits per heavy atom. The molecule has 1 aromatic rings. The number of carbonyl (C=O) groups excluding carboxylic acids is 1. The maximum Gasteiger partial charge on any atom is 0.416 e. The number of carbonyl (C=O) groups is 1. The van der Waals surface area contributed by atoms with E-state index in [2.05, 4.69) is 10.6 Å². The standard InChI is InChI=1S/C13H17F3N2O/c1-8(18-9(2)12(19)17-3)10-5-4-6-11(7-10)13(14,15)16/h4-9,18H,1-3H3,(H,17,19). The van der Waals surface area contributed by atoms with Gasteiger partial charge in [-0.05, 0) is 31.5 Å². The molecular weight excluding hydrogens is 257 g/mol. The Balaban J connectivity index is 2.83. The lowest BCUT2D eigenvalue weighted by Gasteiger charge is -2.20. The minimum absolute atomic E-state index is 0.209. The lowest BCUT2D eigenvalue weighted by Crippen LogP contribution is -2.41. The van der Waals surface area contributed by atoms with Gasteiger partial charge < -0.3 is 5.32 Å².